The number of anilines is 1. The lowest BCUT2D eigenvalue weighted by Gasteiger charge is -2.13. The zero-order chi connectivity index (χ0) is 13.8. The summed E-state index contributed by atoms with van der Waals surface area (Å²) in [6.07, 6.45) is 3.31. The molecule has 104 valence electrons. The number of carbonyl (C=O) groups is 2. The average Bonchev–Trinajstić information content (AvgIpc) is 3.02. The van der Waals surface area contributed by atoms with Crippen LogP contribution in [0.2, 0.25) is 0 Å². The summed E-state index contributed by atoms with van der Waals surface area (Å²) in [7, 11) is 1.67. The second-order valence-electron chi connectivity index (χ2n) is 4.43. The maximum absolute atomic E-state index is 11.6. The molecule has 0 unspecified atom stereocenters. The minimum atomic E-state index is -0.534. The number of rotatable bonds is 6. The first kappa shape index (κ1) is 13.4. The van der Waals surface area contributed by atoms with Gasteiger partial charge in [-0.15, -0.1) is 0 Å². The number of nitrogens with zero attached hydrogens (tertiary/aromatic N) is 2. The normalized spacial score (nSPS) is 14.0. The van der Waals surface area contributed by atoms with Crippen molar-refractivity contribution in [1.82, 2.24) is 10.3 Å². The summed E-state index contributed by atoms with van der Waals surface area (Å²) < 4.78 is 9.95. The summed E-state index contributed by atoms with van der Waals surface area (Å²) in [5.41, 5.74) is 0.103. The molecule has 1 saturated carbocycles. The van der Waals surface area contributed by atoms with Crippen LogP contribution >= 0.6 is 0 Å². The van der Waals surface area contributed by atoms with E-state index in [4.69, 9.17) is 9.15 Å². The van der Waals surface area contributed by atoms with E-state index in [1.165, 1.54) is 6.26 Å². The minimum Gasteiger partial charge on any atom is -0.461 e. The van der Waals surface area contributed by atoms with E-state index in [-0.39, 0.29) is 30.8 Å². The van der Waals surface area contributed by atoms with Crippen LogP contribution in [-0.2, 0) is 9.53 Å². The van der Waals surface area contributed by atoms with Crippen LogP contribution in [0.3, 0.4) is 0 Å². The minimum absolute atomic E-state index is 0.0825. The Kier molecular flexibility index (Phi) is 4.03. The van der Waals surface area contributed by atoms with Crippen LogP contribution in [-0.4, -0.2) is 43.1 Å². The standard InChI is InChI=1S/C12H17N3O4/c1-3-18-11(17)9-7-19-12(14-9)15(2)6-10(16)13-8-4-5-8/h7-8H,3-6H2,1-2H3,(H,13,16). The van der Waals surface area contributed by atoms with E-state index < -0.39 is 5.97 Å². The summed E-state index contributed by atoms with van der Waals surface area (Å²) in [6, 6.07) is 0.537. The van der Waals surface area contributed by atoms with Crippen molar-refractivity contribution in [3.05, 3.63) is 12.0 Å². The van der Waals surface area contributed by atoms with Gasteiger partial charge in [0, 0.05) is 13.1 Å². The van der Waals surface area contributed by atoms with Gasteiger partial charge in [0.1, 0.15) is 12.8 Å². The molecule has 19 heavy (non-hydrogen) atoms. The van der Waals surface area contributed by atoms with Gasteiger partial charge in [-0.25, -0.2) is 4.79 Å². The molecule has 1 aromatic heterocycles. The number of nitrogens with one attached hydrogen (secondary N) is 1. The lowest BCUT2D eigenvalue weighted by atomic mass is 10.5. The number of ether oxygens (including phenoxy) is 1. The van der Waals surface area contributed by atoms with E-state index in [2.05, 4.69) is 10.3 Å². The highest BCUT2D eigenvalue weighted by Gasteiger charge is 2.24. The Bertz CT molecular complexity index is 467. The van der Waals surface area contributed by atoms with Crippen molar-refractivity contribution >= 4 is 17.9 Å². The Morgan fingerprint density at radius 1 is 1.58 bits per heavy atom. The molecule has 0 bridgehead atoms. The Morgan fingerprint density at radius 2 is 2.32 bits per heavy atom. The highest BCUT2D eigenvalue weighted by Crippen LogP contribution is 2.18. The molecule has 0 aromatic carbocycles. The fourth-order valence-corrected chi connectivity index (χ4v) is 1.52. The second-order valence-corrected chi connectivity index (χ2v) is 4.43. The Labute approximate surface area is 110 Å². The summed E-state index contributed by atoms with van der Waals surface area (Å²) >= 11 is 0. The molecule has 7 nitrogen and oxygen atoms in total. The Balaban J connectivity index is 1.89. The predicted molar refractivity (Wildman–Crippen MR) is 66.9 cm³/mol. The van der Waals surface area contributed by atoms with Crippen molar-refractivity contribution in [2.24, 2.45) is 0 Å². The van der Waals surface area contributed by atoms with Crippen LogP contribution in [0.5, 0.6) is 0 Å². The number of aromatic nitrogens is 1. The monoisotopic (exact) mass is 267 g/mol. The van der Waals surface area contributed by atoms with Crippen LogP contribution < -0.4 is 10.2 Å². The van der Waals surface area contributed by atoms with Crippen LogP contribution in [0.25, 0.3) is 0 Å². The Morgan fingerprint density at radius 3 is 2.95 bits per heavy atom. The van der Waals surface area contributed by atoms with Gasteiger partial charge in [0.05, 0.1) is 6.61 Å². The van der Waals surface area contributed by atoms with Crippen molar-refractivity contribution in [3.63, 3.8) is 0 Å². The number of likely N-dealkylation sites (N-methyl/N-ethyl adjacent to an activating group) is 1. The predicted octanol–water partition coefficient (Wildman–Crippen LogP) is 0.566. The molecule has 0 radical (unpaired) electrons. The van der Waals surface area contributed by atoms with E-state index in [1.807, 2.05) is 0 Å². The van der Waals surface area contributed by atoms with Crippen molar-refractivity contribution in [2.45, 2.75) is 25.8 Å². The van der Waals surface area contributed by atoms with Gasteiger partial charge in [-0.05, 0) is 19.8 Å². The molecule has 1 aromatic rings. The maximum Gasteiger partial charge on any atom is 0.360 e. The molecule has 0 atom stereocenters. The van der Waals surface area contributed by atoms with Gasteiger partial charge in [0.25, 0.3) is 6.01 Å². The molecule has 1 N–H and O–H groups in total. The highest BCUT2D eigenvalue weighted by molar-refractivity contribution is 5.87. The van der Waals surface area contributed by atoms with Gasteiger partial charge in [-0.3, -0.25) is 4.79 Å². The van der Waals surface area contributed by atoms with E-state index >= 15 is 0 Å². The third kappa shape index (κ3) is 3.70. The lowest BCUT2D eigenvalue weighted by Crippen LogP contribution is -2.36. The molecule has 1 heterocycles. The smallest absolute Gasteiger partial charge is 0.360 e. The fraction of sp³-hybridized carbons (Fsp3) is 0.583. The summed E-state index contributed by atoms with van der Waals surface area (Å²) in [5, 5.41) is 2.86. The molecule has 1 amide bonds. The molecular weight excluding hydrogens is 250 g/mol. The van der Waals surface area contributed by atoms with Crippen LogP contribution in [0.4, 0.5) is 6.01 Å². The number of esters is 1. The molecule has 7 heteroatoms. The first-order chi connectivity index (χ1) is 9.10. The van der Waals surface area contributed by atoms with E-state index in [9.17, 15) is 9.59 Å². The molecule has 1 aliphatic rings. The second kappa shape index (κ2) is 5.73. The Hall–Kier alpha value is -2.05. The van der Waals surface area contributed by atoms with E-state index in [1.54, 1.807) is 18.9 Å². The number of amides is 1. The molecule has 0 saturated heterocycles. The molecule has 1 aliphatic carbocycles. The number of carbonyl (C=O) groups excluding carboxylic acids is 2. The van der Waals surface area contributed by atoms with Gasteiger partial charge in [0.2, 0.25) is 5.91 Å². The number of hydrogen-bond donors (Lipinski definition) is 1. The largest absolute Gasteiger partial charge is 0.461 e. The number of oxazole rings is 1. The molecular formula is C12H17N3O4. The SMILES string of the molecule is CCOC(=O)c1coc(N(C)CC(=O)NC2CC2)n1. The van der Waals surface area contributed by atoms with Crippen molar-refractivity contribution < 1.29 is 18.7 Å². The first-order valence-electron chi connectivity index (χ1n) is 6.23. The molecule has 0 aliphatic heterocycles. The van der Waals surface area contributed by atoms with E-state index in [0.29, 0.717) is 6.04 Å². The summed E-state index contributed by atoms with van der Waals surface area (Å²) in [5.74, 6) is -0.616. The summed E-state index contributed by atoms with van der Waals surface area (Å²) in [4.78, 5) is 28.5. The van der Waals surface area contributed by atoms with Crippen molar-refractivity contribution in [3.8, 4) is 0 Å². The van der Waals surface area contributed by atoms with Gasteiger partial charge >= 0.3 is 5.97 Å². The molecule has 0 spiro atoms. The maximum atomic E-state index is 11.6. The van der Waals surface area contributed by atoms with Gasteiger partial charge in [-0.1, -0.05) is 0 Å². The zero-order valence-corrected chi connectivity index (χ0v) is 11.0. The third-order valence-electron chi connectivity index (χ3n) is 2.63. The van der Waals surface area contributed by atoms with Crippen LogP contribution in [0.1, 0.15) is 30.3 Å². The topological polar surface area (TPSA) is 84.7 Å². The van der Waals surface area contributed by atoms with Gasteiger partial charge in [0.15, 0.2) is 5.69 Å². The molecule has 2 rings (SSSR count). The van der Waals surface area contributed by atoms with E-state index in [0.717, 1.165) is 12.8 Å². The fourth-order valence-electron chi connectivity index (χ4n) is 1.52. The quantitative estimate of drug-likeness (QED) is 0.758. The highest BCUT2D eigenvalue weighted by atomic mass is 16.5. The lowest BCUT2D eigenvalue weighted by molar-refractivity contribution is -0.119. The first-order valence-corrected chi connectivity index (χ1v) is 6.23. The average molecular weight is 267 g/mol. The van der Waals surface area contributed by atoms with Gasteiger partial charge < -0.3 is 19.4 Å². The zero-order valence-electron chi connectivity index (χ0n) is 11.0. The van der Waals surface area contributed by atoms with Crippen LogP contribution in [0.15, 0.2) is 10.7 Å². The summed E-state index contributed by atoms with van der Waals surface area (Å²) in [6.45, 7) is 2.13. The van der Waals surface area contributed by atoms with Gasteiger partial charge in [-0.2, -0.15) is 4.98 Å². The van der Waals surface area contributed by atoms with Crippen molar-refractivity contribution in [2.75, 3.05) is 25.1 Å². The third-order valence-corrected chi connectivity index (χ3v) is 2.63. The molecule has 1 fully saturated rings. The number of hydrogen-bond acceptors (Lipinski definition) is 6. The van der Waals surface area contributed by atoms with Crippen molar-refractivity contribution in [1.29, 1.82) is 0 Å². The van der Waals surface area contributed by atoms with Crippen LogP contribution in [0, 0.1) is 0 Å².